The maximum absolute atomic E-state index is 11.1. The first-order valence-corrected chi connectivity index (χ1v) is 8.38. The molecule has 0 aliphatic carbocycles. The Balaban J connectivity index is 1.80. The number of piperidine rings is 1. The fourth-order valence-electron chi connectivity index (χ4n) is 2.79. The molecule has 2 amide bonds. The van der Waals surface area contributed by atoms with Gasteiger partial charge in [-0.05, 0) is 53.2 Å². The number of nitrogens with zero attached hydrogens (tertiary/aromatic N) is 3. The van der Waals surface area contributed by atoms with Crippen molar-refractivity contribution in [3.05, 3.63) is 22.8 Å². The summed E-state index contributed by atoms with van der Waals surface area (Å²) in [5.41, 5.74) is 5.07. The minimum Gasteiger partial charge on any atom is -0.465 e. The smallest absolute Gasteiger partial charge is 0.407 e. The van der Waals surface area contributed by atoms with Gasteiger partial charge in [0.1, 0.15) is 17.0 Å². The average Bonchev–Trinajstić information content (AvgIpc) is 2.51. The number of anilines is 1. The number of rotatable bonds is 6. The van der Waals surface area contributed by atoms with Crippen LogP contribution in [0.2, 0.25) is 0 Å². The van der Waals surface area contributed by atoms with E-state index in [1.807, 2.05) is 18.2 Å². The third-order valence-corrected chi connectivity index (χ3v) is 4.51. The summed E-state index contributed by atoms with van der Waals surface area (Å²) in [5, 5.41) is 9.07. The molecular formula is C15H21BrN4O3. The zero-order chi connectivity index (χ0) is 16.8. The fourth-order valence-corrected chi connectivity index (χ4v) is 3.13. The van der Waals surface area contributed by atoms with Gasteiger partial charge < -0.3 is 15.7 Å². The number of amides is 2. The standard InChI is InChI=1S/C15H21BrN4O3/c16-12-2-1-3-14(18-12)19-7-4-11(5-8-19)6-9-20(15(22)23)10-13(17)21/h1-3,11H,4-10H2,(H2,17,21)(H,22,23). The summed E-state index contributed by atoms with van der Waals surface area (Å²) < 4.78 is 0.820. The lowest BCUT2D eigenvalue weighted by Crippen LogP contribution is -2.40. The Morgan fingerprint density at radius 1 is 1.39 bits per heavy atom. The van der Waals surface area contributed by atoms with E-state index in [-0.39, 0.29) is 6.54 Å². The maximum atomic E-state index is 11.1. The molecule has 0 saturated carbocycles. The van der Waals surface area contributed by atoms with Crippen molar-refractivity contribution in [2.24, 2.45) is 11.7 Å². The zero-order valence-corrected chi connectivity index (χ0v) is 14.4. The first-order valence-electron chi connectivity index (χ1n) is 7.59. The summed E-state index contributed by atoms with van der Waals surface area (Å²) in [5.74, 6) is 0.787. The van der Waals surface area contributed by atoms with Gasteiger partial charge in [0.25, 0.3) is 0 Å². The third-order valence-electron chi connectivity index (χ3n) is 4.06. The van der Waals surface area contributed by atoms with Gasteiger partial charge in [0, 0.05) is 19.6 Å². The minimum absolute atomic E-state index is 0.240. The molecule has 0 bridgehead atoms. The van der Waals surface area contributed by atoms with Gasteiger partial charge in [0.15, 0.2) is 0 Å². The molecule has 2 rings (SSSR count). The van der Waals surface area contributed by atoms with Crippen molar-refractivity contribution in [1.29, 1.82) is 0 Å². The second-order valence-corrected chi connectivity index (χ2v) is 6.52. The van der Waals surface area contributed by atoms with Crippen LogP contribution in [0.25, 0.3) is 0 Å². The van der Waals surface area contributed by atoms with Crippen molar-refractivity contribution in [2.45, 2.75) is 19.3 Å². The molecule has 3 N–H and O–H groups in total. The van der Waals surface area contributed by atoms with Crippen LogP contribution in [0.4, 0.5) is 10.6 Å². The Morgan fingerprint density at radius 2 is 2.09 bits per heavy atom. The van der Waals surface area contributed by atoms with E-state index in [1.54, 1.807) is 0 Å². The molecule has 0 spiro atoms. The minimum atomic E-state index is -1.10. The van der Waals surface area contributed by atoms with Gasteiger partial charge in [-0.25, -0.2) is 9.78 Å². The second-order valence-electron chi connectivity index (χ2n) is 5.71. The van der Waals surface area contributed by atoms with E-state index >= 15 is 0 Å². The number of carboxylic acid groups (broad SMARTS) is 1. The second kappa shape index (κ2) is 8.14. The lowest BCUT2D eigenvalue weighted by molar-refractivity contribution is -0.118. The number of halogens is 1. The molecule has 7 nitrogen and oxygen atoms in total. The molecule has 0 unspecified atom stereocenters. The van der Waals surface area contributed by atoms with E-state index in [4.69, 9.17) is 10.8 Å². The predicted molar refractivity (Wildman–Crippen MR) is 90.3 cm³/mol. The van der Waals surface area contributed by atoms with Gasteiger partial charge in [0.05, 0.1) is 0 Å². The van der Waals surface area contributed by atoms with Crippen LogP contribution >= 0.6 is 15.9 Å². The Bertz CT molecular complexity index is 561. The first-order chi connectivity index (χ1) is 11.0. The average molecular weight is 385 g/mol. The van der Waals surface area contributed by atoms with E-state index in [9.17, 15) is 9.59 Å². The molecule has 0 aromatic carbocycles. The highest BCUT2D eigenvalue weighted by Gasteiger charge is 2.22. The molecule has 1 aliphatic rings. The van der Waals surface area contributed by atoms with E-state index < -0.39 is 12.0 Å². The molecule has 126 valence electrons. The van der Waals surface area contributed by atoms with Gasteiger partial charge >= 0.3 is 6.09 Å². The number of pyridine rings is 1. The molecule has 1 aromatic rings. The molecule has 0 atom stereocenters. The molecule has 8 heteroatoms. The van der Waals surface area contributed by atoms with E-state index in [2.05, 4.69) is 25.8 Å². The Labute approximate surface area is 143 Å². The summed E-state index contributed by atoms with van der Waals surface area (Å²) in [7, 11) is 0. The van der Waals surface area contributed by atoms with Crippen molar-refractivity contribution in [1.82, 2.24) is 9.88 Å². The number of primary amides is 1. The largest absolute Gasteiger partial charge is 0.465 e. The van der Waals surface area contributed by atoms with Crippen LogP contribution in [0.1, 0.15) is 19.3 Å². The van der Waals surface area contributed by atoms with Crippen LogP contribution in [0.3, 0.4) is 0 Å². The molecule has 1 aliphatic heterocycles. The van der Waals surface area contributed by atoms with Crippen molar-refractivity contribution in [3.8, 4) is 0 Å². The van der Waals surface area contributed by atoms with Crippen LogP contribution in [0.5, 0.6) is 0 Å². The van der Waals surface area contributed by atoms with E-state index in [0.717, 1.165) is 47.7 Å². The maximum Gasteiger partial charge on any atom is 0.407 e. The monoisotopic (exact) mass is 384 g/mol. The molecule has 2 heterocycles. The lowest BCUT2D eigenvalue weighted by Gasteiger charge is -2.33. The normalized spacial score (nSPS) is 15.4. The molecule has 1 aromatic heterocycles. The Kier molecular flexibility index (Phi) is 6.20. The number of carbonyl (C=O) groups is 2. The van der Waals surface area contributed by atoms with Crippen molar-refractivity contribution in [2.75, 3.05) is 31.1 Å². The molecule has 23 heavy (non-hydrogen) atoms. The van der Waals surface area contributed by atoms with Crippen LogP contribution in [0, 0.1) is 5.92 Å². The van der Waals surface area contributed by atoms with Gasteiger partial charge in [-0.3, -0.25) is 9.69 Å². The summed E-state index contributed by atoms with van der Waals surface area (Å²) in [6, 6.07) is 5.85. The van der Waals surface area contributed by atoms with Gasteiger partial charge in [-0.15, -0.1) is 0 Å². The number of carbonyl (C=O) groups excluding carboxylic acids is 1. The van der Waals surface area contributed by atoms with E-state index in [1.165, 1.54) is 0 Å². The van der Waals surface area contributed by atoms with Crippen LogP contribution in [-0.2, 0) is 4.79 Å². The number of nitrogens with two attached hydrogens (primary N) is 1. The highest BCUT2D eigenvalue weighted by atomic mass is 79.9. The van der Waals surface area contributed by atoms with Gasteiger partial charge in [-0.1, -0.05) is 6.07 Å². The molecular weight excluding hydrogens is 364 g/mol. The molecule has 1 fully saturated rings. The Morgan fingerprint density at radius 3 is 2.65 bits per heavy atom. The quantitative estimate of drug-likeness (QED) is 0.729. The Hall–Kier alpha value is -1.83. The summed E-state index contributed by atoms with van der Waals surface area (Å²) in [6.07, 6.45) is 1.62. The SMILES string of the molecule is NC(=O)CN(CCC1CCN(c2cccc(Br)n2)CC1)C(=O)O. The van der Waals surface area contributed by atoms with Crippen molar-refractivity contribution in [3.63, 3.8) is 0 Å². The summed E-state index contributed by atoms with van der Waals surface area (Å²) in [6.45, 7) is 1.90. The topological polar surface area (TPSA) is 99.8 Å². The molecule has 1 saturated heterocycles. The van der Waals surface area contributed by atoms with Crippen LogP contribution in [-0.4, -0.2) is 53.2 Å². The van der Waals surface area contributed by atoms with Crippen molar-refractivity contribution >= 4 is 33.7 Å². The van der Waals surface area contributed by atoms with Crippen LogP contribution < -0.4 is 10.6 Å². The van der Waals surface area contributed by atoms with Crippen LogP contribution in [0.15, 0.2) is 22.8 Å². The summed E-state index contributed by atoms with van der Waals surface area (Å²) >= 11 is 3.38. The first kappa shape index (κ1) is 17.5. The fraction of sp³-hybridized carbons (Fsp3) is 0.533. The number of hydrogen-bond donors (Lipinski definition) is 2. The van der Waals surface area contributed by atoms with Crippen molar-refractivity contribution < 1.29 is 14.7 Å². The van der Waals surface area contributed by atoms with E-state index in [0.29, 0.717) is 12.5 Å². The summed E-state index contributed by atoms with van der Waals surface area (Å²) in [4.78, 5) is 29.7. The predicted octanol–water partition coefficient (Wildman–Crippen LogP) is 1.92. The van der Waals surface area contributed by atoms with Gasteiger partial charge in [0.2, 0.25) is 5.91 Å². The van der Waals surface area contributed by atoms with Gasteiger partial charge in [-0.2, -0.15) is 0 Å². The lowest BCUT2D eigenvalue weighted by atomic mass is 9.93. The highest BCUT2D eigenvalue weighted by Crippen LogP contribution is 2.25. The number of aromatic nitrogens is 1. The molecule has 0 radical (unpaired) electrons. The number of hydrogen-bond acceptors (Lipinski definition) is 4. The highest BCUT2D eigenvalue weighted by molar-refractivity contribution is 9.10. The zero-order valence-electron chi connectivity index (χ0n) is 12.8. The third kappa shape index (κ3) is 5.38.